The molecule has 1 aliphatic rings. The van der Waals surface area contributed by atoms with Crippen molar-refractivity contribution < 1.29 is 9.59 Å². The van der Waals surface area contributed by atoms with Gasteiger partial charge in [0.25, 0.3) is 0 Å². The SMILES string of the molecule is O=C(Nc1cccc2cnccc12)C1CC(=O)N(c2ccccc2Br)C1. The fraction of sp³-hybridized carbons (Fsp3) is 0.150. The minimum Gasteiger partial charge on any atom is -0.325 e. The number of nitrogens with zero attached hydrogens (tertiary/aromatic N) is 2. The van der Waals surface area contributed by atoms with Crippen LogP contribution >= 0.6 is 15.9 Å². The van der Waals surface area contributed by atoms with Crippen molar-refractivity contribution >= 4 is 49.9 Å². The molecular formula is C20H16BrN3O2. The standard InChI is InChI=1S/C20H16BrN3O2/c21-16-5-1-2-7-18(16)24-12-14(10-19(24)25)20(26)23-17-6-3-4-13-11-22-9-8-15(13)17/h1-9,11,14H,10,12H2,(H,23,26). The molecule has 1 atom stereocenters. The van der Waals surface area contributed by atoms with E-state index in [4.69, 9.17) is 0 Å². The second-order valence-electron chi connectivity index (χ2n) is 6.25. The monoisotopic (exact) mass is 409 g/mol. The molecule has 6 heteroatoms. The maximum absolute atomic E-state index is 12.7. The fourth-order valence-corrected chi connectivity index (χ4v) is 3.75. The van der Waals surface area contributed by atoms with Crippen molar-refractivity contribution in [3.63, 3.8) is 0 Å². The highest BCUT2D eigenvalue weighted by Gasteiger charge is 2.35. The average molecular weight is 410 g/mol. The molecule has 130 valence electrons. The third-order valence-electron chi connectivity index (χ3n) is 4.58. The van der Waals surface area contributed by atoms with Gasteiger partial charge in [-0.1, -0.05) is 24.3 Å². The molecular weight excluding hydrogens is 394 g/mol. The van der Waals surface area contributed by atoms with Crippen LogP contribution in [-0.4, -0.2) is 23.3 Å². The Bertz CT molecular complexity index is 1000. The molecule has 2 aromatic carbocycles. The summed E-state index contributed by atoms with van der Waals surface area (Å²) in [6.45, 7) is 0.375. The zero-order valence-corrected chi connectivity index (χ0v) is 15.4. The van der Waals surface area contributed by atoms with Gasteiger partial charge in [0.05, 0.1) is 11.6 Å². The molecule has 0 radical (unpaired) electrons. The van der Waals surface area contributed by atoms with Gasteiger partial charge in [-0.15, -0.1) is 0 Å². The van der Waals surface area contributed by atoms with Gasteiger partial charge in [0, 0.05) is 46.3 Å². The first-order valence-electron chi connectivity index (χ1n) is 8.32. The molecule has 5 nitrogen and oxygen atoms in total. The lowest BCUT2D eigenvalue weighted by molar-refractivity contribution is -0.122. The lowest BCUT2D eigenvalue weighted by Gasteiger charge is -2.18. The second-order valence-corrected chi connectivity index (χ2v) is 7.10. The van der Waals surface area contributed by atoms with E-state index >= 15 is 0 Å². The summed E-state index contributed by atoms with van der Waals surface area (Å²) in [5.74, 6) is -0.567. The Labute approximate surface area is 159 Å². The third kappa shape index (κ3) is 3.08. The van der Waals surface area contributed by atoms with Crippen LogP contribution in [0.5, 0.6) is 0 Å². The van der Waals surface area contributed by atoms with Crippen LogP contribution in [0.4, 0.5) is 11.4 Å². The van der Waals surface area contributed by atoms with Crippen LogP contribution in [0.3, 0.4) is 0 Å². The smallest absolute Gasteiger partial charge is 0.229 e. The Balaban J connectivity index is 1.54. The first kappa shape index (κ1) is 16.7. The molecule has 26 heavy (non-hydrogen) atoms. The number of carbonyl (C=O) groups excluding carboxylic acids is 2. The predicted octanol–water partition coefficient (Wildman–Crippen LogP) is 3.99. The van der Waals surface area contributed by atoms with E-state index in [0.29, 0.717) is 6.54 Å². The quantitative estimate of drug-likeness (QED) is 0.711. The van der Waals surface area contributed by atoms with Crippen LogP contribution in [0.2, 0.25) is 0 Å². The zero-order chi connectivity index (χ0) is 18.1. The van der Waals surface area contributed by atoms with Crippen molar-refractivity contribution in [2.24, 2.45) is 5.92 Å². The van der Waals surface area contributed by atoms with Gasteiger partial charge >= 0.3 is 0 Å². The van der Waals surface area contributed by atoms with Crippen molar-refractivity contribution in [3.8, 4) is 0 Å². The van der Waals surface area contributed by atoms with Gasteiger partial charge in [0.15, 0.2) is 0 Å². The number of amides is 2. The average Bonchev–Trinajstić information content (AvgIpc) is 3.04. The number of para-hydroxylation sites is 1. The Morgan fingerprint density at radius 3 is 2.85 bits per heavy atom. The molecule has 1 aromatic heterocycles. The number of pyridine rings is 1. The Morgan fingerprint density at radius 2 is 2.00 bits per heavy atom. The van der Waals surface area contributed by atoms with Gasteiger partial charge in [0.1, 0.15) is 0 Å². The van der Waals surface area contributed by atoms with Gasteiger partial charge in [-0.05, 0) is 40.2 Å². The first-order chi connectivity index (χ1) is 12.6. The maximum Gasteiger partial charge on any atom is 0.229 e. The molecule has 0 saturated carbocycles. The summed E-state index contributed by atoms with van der Waals surface area (Å²) in [5.41, 5.74) is 1.53. The van der Waals surface area contributed by atoms with Crippen LogP contribution in [0.1, 0.15) is 6.42 Å². The number of anilines is 2. The van der Waals surface area contributed by atoms with Crippen LogP contribution < -0.4 is 10.2 Å². The lowest BCUT2D eigenvalue weighted by Crippen LogP contribution is -2.28. The fourth-order valence-electron chi connectivity index (χ4n) is 3.25. The molecule has 1 fully saturated rings. The van der Waals surface area contributed by atoms with Gasteiger partial charge in [0.2, 0.25) is 11.8 Å². The van der Waals surface area contributed by atoms with E-state index in [2.05, 4.69) is 26.2 Å². The summed E-state index contributed by atoms with van der Waals surface area (Å²) < 4.78 is 0.843. The van der Waals surface area contributed by atoms with Crippen LogP contribution in [0, 0.1) is 5.92 Å². The van der Waals surface area contributed by atoms with Crippen LogP contribution in [0.15, 0.2) is 65.4 Å². The minimum atomic E-state index is -0.383. The Kier molecular flexibility index (Phi) is 4.42. The van der Waals surface area contributed by atoms with Crippen molar-refractivity contribution in [1.82, 2.24) is 4.98 Å². The van der Waals surface area contributed by atoms with E-state index in [1.807, 2.05) is 48.5 Å². The van der Waals surface area contributed by atoms with Crippen LogP contribution in [0.25, 0.3) is 10.8 Å². The maximum atomic E-state index is 12.7. The predicted molar refractivity (Wildman–Crippen MR) is 105 cm³/mol. The van der Waals surface area contributed by atoms with Gasteiger partial charge in [-0.2, -0.15) is 0 Å². The number of aromatic nitrogens is 1. The molecule has 4 rings (SSSR count). The normalized spacial score (nSPS) is 16.9. The number of nitrogens with one attached hydrogen (secondary N) is 1. The number of hydrogen-bond donors (Lipinski definition) is 1. The second kappa shape index (κ2) is 6.88. The summed E-state index contributed by atoms with van der Waals surface area (Å²) in [7, 11) is 0. The summed E-state index contributed by atoms with van der Waals surface area (Å²) in [4.78, 5) is 30.9. The molecule has 3 aromatic rings. The van der Waals surface area contributed by atoms with E-state index in [-0.39, 0.29) is 24.2 Å². The van der Waals surface area contributed by atoms with E-state index < -0.39 is 0 Å². The molecule has 2 amide bonds. The van der Waals surface area contributed by atoms with Gasteiger partial charge in [-0.3, -0.25) is 14.6 Å². The molecule has 0 spiro atoms. The Hall–Kier alpha value is -2.73. The van der Waals surface area contributed by atoms with Crippen molar-refractivity contribution in [2.75, 3.05) is 16.8 Å². The van der Waals surface area contributed by atoms with Crippen molar-refractivity contribution in [1.29, 1.82) is 0 Å². The van der Waals surface area contributed by atoms with E-state index in [1.165, 1.54) is 0 Å². The molecule has 1 aliphatic heterocycles. The summed E-state index contributed by atoms with van der Waals surface area (Å²) in [6.07, 6.45) is 3.67. The molecule has 1 saturated heterocycles. The van der Waals surface area contributed by atoms with E-state index in [9.17, 15) is 9.59 Å². The highest BCUT2D eigenvalue weighted by Crippen LogP contribution is 2.32. The first-order valence-corrected chi connectivity index (χ1v) is 9.11. The zero-order valence-electron chi connectivity index (χ0n) is 13.9. The number of rotatable bonds is 3. The van der Waals surface area contributed by atoms with Gasteiger partial charge < -0.3 is 10.2 Å². The van der Waals surface area contributed by atoms with E-state index in [1.54, 1.807) is 17.3 Å². The minimum absolute atomic E-state index is 0.0424. The number of fused-ring (bicyclic) bond motifs is 1. The highest BCUT2D eigenvalue weighted by molar-refractivity contribution is 9.10. The molecule has 0 aliphatic carbocycles. The van der Waals surface area contributed by atoms with E-state index in [0.717, 1.165) is 26.6 Å². The van der Waals surface area contributed by atoms with Crippen molar-refractivity contribution in [3.05, 3.63) is 65.4 Å². The number of halogens is 1. The third-order valence-corrected chi connectivity index (χ3v) is 5.25. The largest absolute Gasteiger partial charge is 0.325 e. The lowest BCUT2D eigenvalue weighted by atomic mass is 10.1. The molecule has 1 N–H and O–H groups in total. The molecule has 0 bridgehead atoms. The summed E-state index contributed by atoms with van der Waals surface area (Å²) >= 11 is 3.47. The number of hydrogen-bond acceptors (Lipinski definition) is 3. The topological polar surface area (TPSA) is 62.3 Å². The molecule has 2 heterocycles. The van der Waals surface area contributed by atoms with Crippen LogP contribution in [-0.2, 0) is 9.59 Å². The van der Waals surface area contributed by atoms with Crippen molar-refractivity contribution in [2.45, 2.75) is 6.42 Å². The number of benzene rings is 2. The number of carbonyl (C=O) groups is 2. The molecule has 1 unspecified atom stereocenters. The highest BCUT2D eigenvalue weighted by atomic mass is 79.9. The Morgan fingerprint density at radius 1 is 1.15 bits per heavy atom. The summed E-state index contributed by atoms with van der Waals surface area (Å²) in [6, 6.07) is 15.1. The van der Waals surface area contributed by atoms with Gasteiger partial charge in [-0.25, -0.2) is 0 Å². The summed E-state index contributed by atoms with van der Waals surface area (Å²) in [5, 5.41) is 4.87.